The average molecular weight is 400 g/mol. The van der Waals surface area contributed by atoms with Crippen molar-refractivity contribution in [3.63, 3.8) is 0 Å². The fourth-order valence-corrected chi connectivity index (χ4v) is 3.08. The number of amides is 1. The molecule has 0 bridgehead atoms. The first-order chi connectivity index (χ1) is 12.4. The van der Waals surface area contributed by atoms with E-state index in [2.05, 4.69) is 38.2 Å². The van der Waals surface area contributed by atoms with Gasteiger partial charge in [0.1, 0.15) is 0 Å². The zero-order chi connectivity index (χ0) is 21.0. The second-order valence-corrected chi connectivity index (χ2v) is 8.56. The van der Waals surface area contributed by atoms with Crippen LogP contribution in [0.15, 0.2) is 34.9 Å². The fourth-order valence-electron chi connectivity index (χ4n) is 2.29. The van der Waals surface area contributed by atoms with Crippen molar-refractivity contribution in [1.82, 2.24) is 5.32 Å². The SMILES string of the molecule is CC(C)=CCC/C(C)=C/CC/C(C)=C/CNC(=O)C(C[P+]([O-])([O-])O)C(=O)O. The van der Waals surface area contributed by atoms with E-state index < -0.39 is 31.9 Å². The number of carboxylic acid groups (broad SMARTS) is 1. The molecule has 0 aliphatic rings. The molecule has 1 amide bonds. The van der Waals surface area contributed by atoms with Gasteiger partial charge in [-0.2, -0.15) is 0 Å². The van der Waals surface area contributed by atoms with Gasteiger partial charge in [0.25, 0.3) is 0 Å². The highest BCUT2D eigenvalue weighted by molar-refractivity contribution is 7.55. The van der Waals surface area contributed by atoms with Gasteiger partial charge < -0.3 is 20.2 Å². The topological polar surface area (TPSA) is 133 Å². The molecule has 3 N–H and O–H groups in total. The molecular weight excluding hydrogens is 369 g/mol. The molecule has 0 rings (SSSR count). The number of hydrogen-bond acceptors (Lipinski definition) is 5. The largest absolute Gasteiger partial charge is 0.660 e. The molecule has 27 heavy (non-hydrogen) atoms. The number of aliphatic carboxylic acids is 1. The zero-order valence-corrected chi connectivity index (χ0v) is 17.4. The van der Waals surface area contributed by atoms with E-state index in [1.54, 1.807) is 6.08 Å². The molecule has 0 fully saturated rings. The van der Waals surface area contributed by atoms with Gasteiger partial charge in [-0.15, -0.1) is 0 Å². The monoisotopic (exact) mass is 400 g/mol. The number of carbonyl (C=O) groups excluding carboxylic acids is 1. The first-order valence-electron chi connectivity index (χ1n) is 8.90. The van der Waals surface area contributed by atoms with E-state index in [0.29, 0.717) is 0 Å². The summed E-state index contributed by atoms with van der Waals surface area (Å²) in [7, 11) is -4.84. The third-order valence-electron chi connectivity index (χ3n) is 3.88. The molecule has 0 saturated heterocycles. The zero-order valence-electron chi connectivity index (χ0n) is 16.5. The van der Waals surface area contributed by atoms with E-state index in [1.165, 1.54) is 11.1 Å². The van der Waals surface area contributed by atoms with E-state index in [4.69, 9.17) is 10.00 Å². The van der Waals surface area contributed by atoms with Crippen LogP contribution in [-0.4, -0.2) is 34.6 Å². The van der Waals surface area contributed by atoms with E-state index in [0.717, 1.165) is 31.3 Å². The third-order valence-corrected chi connectivity index (χ3v) is 4.70. The molecule has 0 aliphatic carbocycles. The van der Waals surface area contributed by atoms with Gasteiger partial charge in [-0.05, 0) is 53.4 Å². The predicted octanol–water partition coefficient (Wildman–Crippen LogP) is 1.70. The van der Waals surface area contributed by atoms with Crippen LogP contribution in [0.3, 0.4) is 0 Å². The van der Waals surface area contributed by atoms with Crippen molar-refractivity contribution in [2.75, 3.05) is 12.7 Å². The van der Waals surface area contributed by atoms with Gasteiger partial charge in [-0.3, -0.25) is 14.5 Å². The van der Waals surface area contributed by atoms with Crippen molar-refractivity contribution in [3.8, 4) is 0 Å². The van der Waals surface area contributed by atoms with Gasteiger partial charge in [0.15, 0.2) is 5.92 Å². The van der Waals surface area contributed by atoms with Gasteiger partial charge in [0.2, 0.25) is 5.91 Å². The summed E-state index contributed by atoms with van der Waals surface area (Å²) in [6.07, 6.45) is 8.77. The van der Waals surface area contributed by atoms with Crippen molar-refractivity contribution >= 4 is 19.8 Å². The molecule has 0 radical (unpaired) electrons. The molecule has 8 heteroatoms. The van der Waals surface area contributed by atoms with Crippen LogP contribution in [-0.2, 0) is 9.59 Å². The van der Waals surface area contributed by atoms with Crippen LogP contribution in [0.2, 0.25) is 0 Å². The molecule has 1 atom stereocenters. The van der Waals surface area contributed by atoms with Crippen molar-refractivity contribution in [1.29, 1.82) is 0 Å². The lowest BCUT2D eigenvalue weighted by Crippen LogP contribution is -2.41. The fraction of sp³-hybridized carbons (Fsp3) is 0.579. The van der Waals surface area contributed by atoms with E-state index in [-0.39, 0.29) is 6.54 Å². The molecule has 1 unspecified atom stereocenters. The van der Waals surface area contributed by atoms with E-state index in [9.17, 15) is 19.4 Å². The van der Waals surface area contributed by atoms with Gasteiger partial charge in [0, 0.05) is 14.5 Å². The van der Waals surface area contributed by atoms with Gasteiger partial charge in [-0.25, -0.2) is 0 Å². The maximum absolute atomic E-state index is 11.8. The second-order valence-electron chi connectivity index (χ2n) is 6.92. The van der Waals surface area contributed by atoms with Crippen molar-refractivity contribution < 1.29 is 29.4 Å². The van der Waals surface area contributed by atoms with Crippen molar-refractivity contribution in [2.45, 2.75) is 53.4 Å². The molecule has 0 aromatic heterocycles. The predicted molar refractivity (Wildman–Crippen MR) is 104 cm³/mol. The van der Waals surface area contributed by atoms with Crippen molar-refractivity contribution in [2.24, 2.45) is 5.92 Å². The van der Waals surface area contributed by atoms with Gasteiger partial charge in [0.05, 0.1) is 6.16 Å². The normalized spacial score (nSPS) is 13.9. The van der Waals surface area contributed by atoms with Crippen LogP contribution < -0.4 is 15.1 Å². The molecular formula is C19H31NO6P-. The Morgan fingerprint density at radius 3 is 2.00 bits per heavy atom. The second kappa shape index (κ2) is 12.8. The van der Waals surface area contributed by atoms with Crippen LogP contribution >= 0.6 is 7.94 Å². The Labute approximate surface area is 162 Å². The molecule has 0 aromatic rings. The van der Waals surface area contributed by atoms with Crippen molar-refractivity contribution in [3.05, 3.63) is 34.9 Å². The molecule has 0 heterocycles. The third kappa shape index (κ3) is 14.2. The van der Waals surface area contributed by atoms with Crippen LogP contribution in [0, 0.1) is 5.92 Å². The standard InChI is InChI=1S/C19H32NO6P/c1-14(2)7-5-8-15(3)9-6-10-16(4)11-12-20-18(21)17(19(22)23)13-27(24,25)26/h7,9,11,17H,5-6,8,10,12-13H2,1-4H3,(H,20,21)(H,22,23)(H2,24,25,26)/p-1/b15-9+,16-11+. The Morgan fingerprint density at radius 2 is 1.52 bits per heavy atom. The Hall–Kier alpha value is -1.53. The summed E-state index contributed by atoms with van der Waals surface area (Å²) in [5, 5.41) is 11.3. The minimum atomic E-state index is -4.84. The molecule has 7 nitrogen and oxygen atoms in total. The Kier molecular flexibility index (Phi) is 12.1. The number of allylic oxidation sites excluding steroid dienone is 5. The molecule has 0 saturated carbocycles. The molecule has 0 aromatic carbocycles. The molecule has 0 spiro atoms. The summed E-state index contributed by atoms with van der Waals surface area (Å²) in [6, 6.07) is 0. The van der Waals surface area contributed by atoms with Crippen LogP contribution in [0.5, 0.6) is 0 Å². The molecule has 0 aliphatic heterocycles. The van der Waals surface area contributed by atoms with Gasteiger partial charge >= 0.3 is 5.97 Å². The Balaban J connectivity index is 4.35. The van der Waals surface area contributed by atoms with E-state index in [1.807, 2.05) is 6.92 Å². The highest BCUT2D eigenvalue weighted by atomic mass is 31.2. The number of carbonyl (C=O) groups is 2. The smallest absolute Gasteiger partial charge is 0.319 e. The van der Waals surface area contributed by atoms with E-state index >= 15 is 0 Å². The van der Waals surface area contributed by atoms with Crippen LogP contribution in [0.25, 0.3) is 0 Å². The summed E-state index contributed by atoms with van der Waals surface area (Å²) in [5.74, 6) is -4.35. The number of hydrogen-bond donors (Lipinski definition) is 3. The minimum absolute atomic E-state index is 0.103. The lowest BCUT2D eigenvalue weighted by molar-refractivity contribution is -0.332. The summed E-state index contributed by atoms with van der Waals surface area (Å²) in [4.78, 5) is 53.2. The molecule has 154 valence electrons. The summed E-state index contributed by atoms with van der Waals surface area (Å²) in [5.41, 5.74) is 3.67. The summed E-state index contributed by atoms with van der Waals surface area (Å²) >= 11 is 0. The first kappa shape index (κ1) is 25.5. The first-order valence-corrected chi connectivity index (χ1v) is 10.7. The highest BCUT2D eigenvalue weighted by Gasteiger charge is 2.32. The van der Waals surface area contributed by atoms with Crippen LogP contribution in [0.1, 0.15) is 53.4 Å². The number of rotatable bonds is 12. The quantitative estimate of drug-likeness (QED) is 0.259. The number of nitrogens with one attached hydrogen (secondary N) is 1. The summed E-state index contributed by atoms with van der Waals surface area (Å²) in [6.45, 7) is 8.26. The van der Waals surface area contributed by atoms with Gasteiger partial charge in [-0.1, -0.05) is 34.9 Å². The lowest BCUT2D eigenvalue weighted by Gasteiger charge is -2.29. The van der Waals surface area contributed by atoms with Crippen LogP contribution in [0.4, 0.5) is 0 Å². The highest BCUT2D eigenvalue weighted by Crippen LogP contribution is 2.36. The summed E-state index contributed by atoms with van der Waals surface area (Å²) < 4.78 is 0. The number of carboxylic acids is 1. The average Bonchev–Trinajstić information content (AvgIpc) is 2.51. The lowest BCUT2D eigenvalue weighted by atomic mass is 10.1. The maximum Gasteiger partial charge on any atom is 0.319 e. The Bertz CT molecular complexity index is 585. The maximum atomic E-state index is 11.8. The minimum Gasteiger partial charge on any atom is -0.660 e. The Morgan fingerprint density at radius 1 is 1.00 bits per heavy atom.